The van der Waals surface area contributed by atoms with Gasteiger partial charge in [-0.25, -0.2) is 4.68 Å². The number of rotatable bonds is 8. The van der Waals surface area contributed by atoms with Gasteiger partial charge in [-0.1, -0.05) is 19.4 Å². The molecule has 2 aromatic rings. The first-order chi connectivity index (χ1) is 11.6. The zero-order valence-electron chi connectivity index (χ0n) is 13.5. The van der Waals surface area contributed by atoms with E-state index in [0.717, 1.165) is 12.8 Å². The average molecular weight is 332 g/mol. The summed E-state index contributed by atoms with van der Waals surface area (Å²) < 4.78 is 1.43. The number of amides is 1. The van der Waals surface area contributed by atoms with Crippen LogP contribution in [0.4, 0.5) is 5.69 Å². The fourth-order valence-electron chi connectivity index (χ4n) is 2.28. The van der Waals surface area contributed by atoms with Gasteiger partial charge >= 0.3 is 0 Å². The largest absolute Gasteiger partial charge is 0.395 e. The Balaban J connectivity index is 2.21. The van der Waals surface area contributed by atoms with Crippen molar-refractivity contribution in [2.24, 2.45) is 0 Å². The lowest BCUT2D eigenvalue weighted by Gasteiger charge is -2.20. The van der Waals surface area contributed by atoms with Gasteiger partial charge < -0.3 is 10.0 Å². The fraction of sp³-hybridized carbons (Fsp3) is 0.375. The highest BCUT2D eigenvalue weighted by Crippen LogP contribution is 2.16. The number of aliphatic hydroxyl groups is 1. The number of non-ortho nitro benzene ring substituents is 1. The average Bonchev–Trinajstić information content (AvgIpc) is 3.08. The van der Waals surface area contributed by atoms with Gasteiger partial charge in [0.1, 0.15) is 0 Å². The number of nitro benzene ring substituents is 1. The Labute approximate surface area is 139 Å². The third-order valence-electron chi connectivity index (χ3n) is 3.55. The maximum atomic E-state index is 12.5. The molecule has 2 rings (SSSR count). The number of nitro groups is 1. The van der Waals surface area contributed by atoms with Crippen molar-refractivity contribution in [3.8, 4) is 5.69 Å². The third-order valence-corrected chi connectivity index (χ3v) is 3.55. The van der Waals surface area contributed by atoms with Crippen LogP contribution in [0.5, 0.6) is 0 Å². The number of aromatic nitrogens is 2. The number of carbonyl (C=O) groups excluding carboxylic acids is 1. The minimum atomic E-state index is -0.479. The molecule has 8 heteroatoms. The normalized spacial score (nSPS) is 10.6. The van der Waals surface area contributed by atoms with E-state index in [1.54, 1.807) is 29.3 Å². The van der Waals surface area contributed by atoms with Gasteiger partial charge in [-0.2, -0.15) is 5.10 Å². The molecule has 0 fully saturated rings. The smallest absolute Gasteiger partial charge is 0.274 e. The van der Waals surface area contributed by atoms with Crippen molar-refractivity contribution in [2.75, 3.05) is 19.7 Å². The molecule has 0 aliphatic heterocycles. The van der Waals surface area contributed by atoms with Crippen LogP contribution in [0.3, 0.4) is 0 Å². The summed E-state index contributed by atoms with van der Waals surface area (Å²) in [6, 6.07) is 7.60. The first kappa shape index (κ1) is 17.6. The van der Waals surface area contributed by atoms with Crippen molar-refractivity contribution >= 4 is 11.6 Å². The zero-order chi connectivity index (χ0) is 17.5. The SMILES string of the molecule is CCCCN(CCO)C(=O)c1ccn(-c2cccc([N+](=O)[O-])c2)n1. The zero-order valence-corrected chi connectivity index (χ0v) is 13.5. The monoisotopic (exact) mass is 332 g/mol. The van der Waals surface area contributed by atoms with Crippen LogP contribution in [-0.4, -0.2) is 50.3 Å². The number of unbranched alkanes of at least 4 members (excludes halogenated alkanes) is 1. The molecule has 24 heavy (non-hydrogen) atoms. The summed E-state index contributed by atoms with van der Waals surface area (Å²) in [5.41, 5.74) is 0.706. The molecule has 1 aromatic carbocycles. The number of hydrogen-bond donors (Lipinski definition) is 1. The molecule has 0 aliphatic carbocycles. The molecule has 1 N–H and O–H groups in total. The van der Waals surface area contributed by atoms with E-state index >= 15 is 0 Å². The first-order valence-electron chi connectivity index (χ1n) is 7.77. The van der Waals surface area contributed by atoms with Crippen molar-refractivity contribution in [3.05, 3.63) is 52.3 Å². The van der Waals surface area contributed by atoms with Crippen LogP contribution in [-0.2, 0) is 0 Å². The van der Waals surface area contributed by atoms with Crippen LogP contribution in [0.25, 0.3) is 5.69 Å². The summed E-state index contributed by atoms with van der Waals surface area (Å²) in [6.45, 7) is 2.72. The maximum Gasteiger partial charge on any atom is 0.274 e. The van der Waals surface area contributed by atoms with Crippen LogP contribution >= 0.6 is 0 Å². The van der Waals surface area contributed by atoms with Crippen molar-refractivity contribution in [3.63, 3.8) is 0 Å². The second kappa shape index (κ2) is 8.21. The highest BCUT2D eigenvalue weighted by Gasteiger charge is 2.18. The second-order valence-electron chi connectivity index (χ2n) is 5.29. The topological polar surface area (TPSA) is 102 Å². The van der Waals surface area contributed by atoms with E-state index < -0.39 is 4.92 Å². The summed E-state index contributed by atoms with van der Waals surface area (Å²) in [5.74, 6) is -0.262. The van der Waals surface area contributed by atoms with E-state index in [9.17, 15) is 14.9 Å². The molecule has 0 radical (unpaired) electrons. The number of hydrogen-bond acceptors (Lipinski definition) is 5. The summed E-state index contributed by atoms with van der Waals surface area (Å²) >= 11 is 0. The molecule has 0 aliphatic rings. The Hall–Kier alpha value is -2.74. The van der Waals surface area contributed by atoms with E-state index in [-0.39, 0.29) is 30.4 Å². The maximum absolute atomic E-state index is 12.5. The molecule has 1 heterocycles. The highest BCUT2D eigenvalue weighted by molar-refractivity contribution is 5.92. The van der Waals surface area contributed by atoms with E-state index in [4.69, 9.17) is 5.11 Å². The van der Waals surface area contributed by atoms with Crippen LogP contribution in [0, 0.1) is 10.1 Å². The predicted octanol–water partition coefficient (Wildman–Crippen LogP) is 2.02. The van der Waals surface area contributed by atoms with Crippen molar-refractivity contribution < 1.29 is 14.8 Å². The standard InChI is InChI=1S/C16H20N4O4/c1-2-3-8-18(10-11-21)16(22)15-7-9-19(17-15)13-5-4-6-14(12-13)20(23)24/h4-7,9,12,21H,2-3,8,10-11H2,1H3. The van der Waals surface area contributed by atoms with Gasteiger partial charge in [0.15, 0.2) is 5.69 Å². The minimum absolute atomic E-state index is 0.0410. The molecular weight excluding hydrogens is 312 g/mol. The molecule has 128 valence electrons. The van der Waals surface area contributed by atoms with Crippen LogP contribution in [0.2, 0.25) is 0 Å². The van der Waals surface area contributed by atoms with Gasteiger partial charge in [-0.15, -0.1) is 0 Å². The Bertz CT molecular complexity index is 714. The molecular formula is C16H20N4O4. The van der Waals surface area contributed by atoms with Gasteiger partial charge in [0.25, 0.3) is 11.6 Å². The van der Waals surface area contributed by atoms with Crippen molar-refractivity contribution in [1.82, 2.24) is 14.7 Å². The van der Waals surface area contributed by atoms with Gasteiger partial charge in [-0.05, 0) is 18.6 Å². The predicted molar refractivity (Wildman–Crippen MR) is 88.1 cm³/mol. The van der Waals surface area contributed by atoms with Gasteiger partial charge in [0.2, 0.25) is 0 Å². The Morgan fingerprint density at radius 2 is 2.17 bits per heavy atom. The van der Waals surface area contributed by atoms with E-state index in [1.807, 2.05) is 6.92 Å². The molecule has 0 saturated heterocycles. The highest BCUT2D eigenvalue weighted by atomic mass is 16.6. The third kappa shape index (κ3) is 4.17. The number of aliphatic hydroxyl groups excluding tert-OH is 1. The summed E-state index contributed by atoms with van der Waals surface area (Å²) in [5, 5.41) is 24.2. The lowest BCUT2D eigenvalue weighted by molar-refractivity contribution is -0.384. The van der Waals surface area contributed by atoms with E-state index in [0.29, 0.717) is 12.2 Å². The Morgan fingerprint density at radius 1 is 1.38 bits per heavy atom. The first-order valence-corrected chi connectivity index (χ1v) is 7.77. The summed E-state index contributed by atoms with van der Waals surface area (Å²) in [4.78, 5) is 24.4. The quantitative estimate of drug-likeness (QED) is 0.588. The fourth-order valence-corrected chi connectivity index (χ4v) is 2.28. The molecule has 0 unspecified atom stereocenters. The van der Waals surface area contributed by atoms with Gasteiger partial charge in [0, 0.05) is 31.4 Å². The molecule has 0 saturated carbocycles. The molecule has 1 amide bonds. The lowest BCUT2D eigenvalue weighted by Crippen LogP contribution is -2.34. The Kier molecular flexibility index (Phi) is 6.02. The molecule has 8 nitrogen and oxygen atoms in total. The van der Waals surface area contributed by atoms with E-state index in [1.165, 1.54) is 16.8 Å². The molecule has 0 atom stereocenters. The number of nitrogens with zero attached hydrogens (tertiary/aromatic N) is 4. The van der Waals surface area contributed by atoms with Crippen molar-refractivity contribution in [2.45, 2.75) is 19.8 Å². The molecule has 0 spiro atoms. The van der Waals surface area contributed by atoms with Crippen LogP contribution in [0.15, 0.2) is 36.5 Å². The summed E-state index contributed by atoms with van der Waals surface area (Å²) in [7, 11) is 0. The molecule has 0 bridgehead atoms. The lowest BCUT2D eigenvalue weighted by atomic mass is 10.3. The summed E-state index contributed by atoms with van der Waals surface area (Å²) in [6.07, 6.45) is 3.37. The number of benzene rings is 1. The second-order valence-corrected chi connectivity index (χ2v) is 5.29. The van der Waals surface area contributed by atoms with Crippen LogP contribution < -0.4 is 0 Å². The van der Waals surface area contributed by atoms with Gasteiger partial charge in [0.05, 0.1) is 17.2 Å². The van der Waals surface area contributed by atoms with E-state index in [2.05, 4.69) is 5.10 Å². The Morgan fingerprint density at radius 3 is 2.83 bits per heavy atom. The van der Waals surface area contributed by atoms with Crippen molar-refractivity contribution in [1.29, 1.82) is 0 Å². The van der Waals surface area contributed by atoms with Crippen LogP contribution in [0.1, 0.15) is 30.3 Å². The minimum Gasteiger partial charge on any atom is -0.395 e. The number of carbonyl (C=O) groups is 1. The van der Waals surface area contributed by atoms with Gasteiger partial charge in [-0.3, -0.25) is 14.9 Å². The molecule has 1 aromatic heterocycles.